The number of aromatic nitrogens is 1. The SMILES string of the molecule is COc1ccc2cc3c(nc2c1)N(NC(=O)C12CCC(C)(C(=O)O1)C2(C)C)CC3. The molecule has 3 heterocycles. The molecule has 1 aromatic heterocycles. The van der Waals surface area contributed by atoms with Crippen LogP contribution in [0.4, 0.5) is 5.82 Å². The molecule has 152 valence electrons. The number of nitrogens with zero attached hydrogens (tertiary/aromatic N) is 2. The van der Waals surface area contributed by atoms with Gasteiger partial charge in [0, 0.05) is 23.4 Å². The monoisotopic (exact) mass is 395 g/mol. The fraction of sp³-hybridized carbons (Fsp3) is 0.500. The van der Waals surface area contributed by atoms with Crippen LogP contribution in [0.1, 0.15) is 39.2 Å². The lowest BCUT2D eigenvalue weighted by molar-refractivity contribution is -0.168. The predicted octanol–water partition coefficient (Wildman–Crippen LogP) is 2.76. The number of nitrogens with one attached hydrogen (secondary N) is 1. The van der Waals surface area contributed by atoms with Crippen molar-refractivity contribution in [2.45, 2.75) is 45.6 Å². The number of benzene rings is 1. The second-order valence-corrected chi connectivity index (χ2v) is 9.05. The molecule has 1 saturated heterocycles. The van der Waals surface area contributed by atoms with E-state index in [1.165, 1.54) is 0 Å². The first-order chi connectivity index (χ1) is 13.7. The number of ether oxygens (including phenoxy) is 2. The Labute approximate surface area is 169 Å². The molecule has 0 radical (unpaired) electrons. The van der Waals surface area contributed by atoms with E-state index in [1.807, 2.05) is 39.0 Å². The van der Waals surface area contributed by atoms with Gasteiger partial charge < -0.3 is 9.47 Å². The van der Waals surface area contributed by atoms with Gasteiger partial charge in [0.05, 0.1) is 18.0 Å². The summed E-state index contributed by atoms with van der Waals surface area (Å²) in [6.45, 7) is 6.45. The number of methoxy groups -OCH3 is 1. The summed E-state index contributed by atoms with van der Waals surface area (Å²) in [5, 5.41) is 2.82. The predicted molar refractivity (Wildman–Crippen MR) is 107 cm³/mol. The highest BCUT2D eigenvalue weighted by Crippen LogP contribution is 2.65. The van der Waals surface area contributed by atoms with Crippen molar-refractivity contribution in [3.8, 4) is 5.75 Å². The molecular formula is C22H25N3O4. The van der Waals surface area contributed by atoms with E-state index in [2.05, 4.69) is 11.5 Å². The minimum atomic E-state index is -1.14. The van der Waals surface area contributed by atoms with E-state index in [9.17, 15) is 9.59 Å². The number of hydrazine groups is 1. The van der Waals surface area contributed by atoms with Crippen LogP contribution in [-0.2, 0) is 20.7 Å². The molecule has 3 aliphatic rings. The summed E-state index contributed by atoms with van der Waals surface area (Å²) in [5.74, 6) is 0.931. The molecule has 1 saturated carbocycles. The summed E-state index contributed by atoms with van der Waals surface area (Å²) < 4.78 is 11.0. The fourth-order valence-corrected chi connectivity index (χ4v) is 5.13. The van der Waals surface area contributed by atoms with Gasteiger partial charge in [-0.05, 0) is 49.9 Å². The van der Waals surface area contributed by atoms with Crippen molar-refractivity contribution >= 4 is 28.6 Å². The summed E-state index contributed by atoms with van der Waals surface area (Å²) >= 11 is 0. The Morgan fingerprint density at radius 3 is 2.69 bits per heavy atom. The van der Waals surface area contributed by atoms with Gasteiger partial charge in [0.15, 0.2) is 11.4 Å². The maximum absolute atomic E-state index is 13.4. The Kier molecular flexibility index (Phi) is 3.53. The summed E-state index contributed by atoms with van der Waals surface area (Å²) in [7, 11) is 1.63. The Morgan fingerprint density at radius 2 is 2.03 bits per heavy atom. The first-order valence-electron chi connectivity index (χ1n) is 10.0. The van der Waals surface area contributed by atoms with E-state index in [-0.39, 0.29) is 11.9 Å². The summed E-state index contributed by atoms with van der Waals surface area (Å²) in [6.07, 6.45) is 1.99. The van der Waals surface area contributed by atoms with Crippen molar-refractivity contribution < 1.29 is 19.1 Å². The smallest absolute Gasteiger partial charge is 0.313 e. The Hall–Kier alpha value is -2.83. The highest BCUT2D eigenvalue weighted by atomic mass is 16.6. The summed E-state index contributed by atoms with van der Waals surface area (Å²) in [5.41, 5.74) is 2.56. The molecule has 29 heavy (non-hydrogen) atoms. The summed E-state index contributed by atoms with van der Waals surface area (Å²) in [4.78, 5) is 30.6. The Morgan fingerprint density at radius 1 is 1.24 bits per heavy atom. The van der Waals surface area contributed by atoms with Crippen LogP contribution in [0.3, 0.4) is 0 Å². The quantitative estimate of drug-likeness (QED) is 0.805. The topological polar surface area (TPSA) is 80.8 Å². The van der Waals surface area contributed by atoms with Crippen LogP contribution in [0.15, 0.2) is 24.3 Å². The molecular weight excluding hydrogens is 370 g/mol. The lowest BCUT2D eigenvalue weighted by atomic mass is 9.66. The van der Waals surface area contributed by atoms with Crippen molar-refractivity contribution in [3.05, 3.63) is 29.8 Å². The molecule has 7 nitrogen and oxygen atoms in total. The number of anilines is 1. The van der Waals surface area contributed by atoms with Crippen molar-refractivity contribution in [1.29, 1.82) is 0 Å². The maximum atomic E-state index is 13.4. The first-order valence-corrected chi connectivity index (χ1v) is 10.0. The minimum absolute atomic E-state index is 0.266. The molecule has 1 N–H and O–H groups in total. The van der Waals surface area contributed by atoms with Crippen LogP contribution in [-0.4, -0.2) is 36.1 Å². The molecule has 2 aliphatic heterocycles. The Bertz CT molecular complexity index is 1070. The number of fused-ring (bicyclic) bond motifs is 4. The van der Waals surface area contributed by atoms with Gasteiger partial charge in [-0.1, -0.05) is 13.8 Å². The number of rotatable bonds is 3. The van der Waals surface area contributed by atoms with Gasteiger partial charge in [-0.2, -0.15) is 0 Å². The second kappa shape index (κ2) is 5.62. The largest absolute Gasteiger partial charge is 0.497 e. The van der Waals surface area contributed by atoms with Crippen molar-refractivity contribution in [2.75, 3.05) is 18.7 Å². The third kappa shape index (κ3) is 2.16. The van der Waals surface area contributed by atoms with Gasteiger partial charge in [-0.15, -0.1) is 0 Å². The van der Waals surface area contributed by atoms with E-state index in [1.54, 1.807) is 12.1 Å². The average Bonchev–Trinajstić information content (AvgIpc) is 3.22. The minimum Gasteiger partial charge on any atom is -0.497 e. The third-order valence-corrected chi connectivity index (χ3v) is 7.63. The van der Waals surface area contributed by atoms with E-state index < -0.39 is 16.4 Å². The number of pyridine rings is 1. The van der Waals surface area contributed by atoms with Crippen LogP contribution in [0.5, 0.6) is 5.75 Å². The molecule has 1 aromatic carbocycles. The molecule has 2 unspecified atom stereocenters. The number of hydrogen-bond acceptors (Lipinski definition) is 6. The lowest BCUT2D eigenvalue weighted by Crippen LogP contribution is -2.57. The van der Waals surface area contributed by atoms with Crippen LogP contribution in [0.2, 0.25) is 0 Å². The van der Waals surface area contributed by atoms with Gasteiger partial charge >= 0.3 is 5.97 Å². The number of amides is 1. The molecule has 1 aliphatic carbocycles. The van der Waals surface area contributed by atoms with Crippen LogP contribution >= 0.6 is 0 Å². The number of carbonyl (C=O) groups is 2. The molecule has 7 heteroatoms. The zero-order valence-corrected chi connectivity index (χ0v) is 17.2. The van der Waals surface area contributed by atoms with Gasteiger partial charge in [-0.25, -0.2) is 4.98 Å². The zero-order valence-electron chi connectivity index (χ0n) is 17.2. The average molecular weight is 395 g/mol. The number of esters is 1. The van der Waals surface area contributed by atoms with Gasteiger partial charge in [0.2, 0.25) is 0 Å². The second-order valence-electron chi connectivity index (χ2n) is 9.05. The Balaban J connectivity index is 1.47. The maximum Gasteiger partial charge on any atom is 0.313 e. The number of hydrogen-bond donors (Lipinski definition) is 1. The van der Waals surface area contributed by atoms with Crippen molar-refractivity contribution in [2.24, 2.45) is 10.8 Å². The fourth-order valence-electron chi connectivity index (χ4n) is 5.13. The van der Waals surface area contributed by atoms with Crippen LogP contribution in [0, 0.1) is 10.8 Å². The number of carbonyl (C=O) groups excluding carboxylic acids is 2. The molecule has 2 fully saturated rings. The van der Waals surface area contributed by atoms with E-state index in [0.717, 1.165) is 34.5 Å². The zero-order chi connectivity index (χ0) is 20.6. The van der Waals surface area contributed by atoms with E-state index in [4.69, 9.17) is 14.5 Å². The molecule has 1 amide bonds. The lowest BCUT2D eigenvalue weighted by Gasteiger charge is -2.36. The molecule has 0 spiro atoms. The molecule has 5 rings (SSSR count). The van der Waals surface area contributed by atoms with Crippen molar-refractivity contribution in [1.82, 2.24) is 10.4 Å². The standard InChI is InChI=1S/C22H25N3O4/c1-20(2)21(3)8-9-22(20,29-19(21)27)18(26)24-25-10-7-14-11-13-5-6-15(28-4)12-16(13)23-17(14)25/h5-6,11-12H,7-10H2,1-4H3,(H,24,26). The first kappa shape index (κ1) is 18.2. The van der Waals surface area contributed by atoms with Gasteiger partial charge in [0.25, 0.3) is 5.91 Å². The molecule has 2 bridgehead atoms. The van der Waals surface area contributed by atoms with Crippen LogP contribution < -0.4 is 15.2 Å². The third-order valence-electron chi connectivity index (χ3n) is 7.63. The van der Waals surface area contributed by atoms with Crippen molar-refractivity contribution in [3.63, 3.8) is 0 Å². The summed E-state index contributed by atoms with van der Waals surface area (Å²) in [6, 6.07) is 7.89. The normalized spacial score (nSPS) is 29.1. The van der Waals surface area contributed by atoms with Crippen LogP contribution in [0.25, 0.3) is 10.9 Å². The highest BCUT2D eigenvalue weighted by Gasteiger charge is 2.75. The molecule has 2 aromatic rings. The van der Waals surface area contributed by atoms with Gasteiger partial charge in [0.1, 0.15) is 5.75 Å². The van der Waals surface area contributed by atoms with Gasteiger partial charge in [-0.3, -0.25) is 20.0 Å². The van der Waals surface area contributed by atoms with E-state index >= 15 is 0 Å². The van der Waals surface area contributed by atoms with E-state index in [0.29, 0.717) is 19.4 Å². The highest BCUT2D eigenvalue weighted by molar-refractivity contribution is 5.97. The molecule has 2 atom stereocenters.